The van der Waals surface area contributed by atoms with Gasteiger partial charge in [-0.2, -0.15) is 13.2 Å². The molecule has 0 heterocycles. The monoisotopic (exact) mass is 322 g/mol. The third-order valence-electron chi connectivity index (χ3n) is 3.84. The summed E-state index contributed by atoms with van der Waals surface area (Å²) in [5, 5.41) is 2.54. The standard InChI is InChI=1S/C14H17F3N2O.ClH/c1-9-10(14(15,16)17)5-4-6-11(9)19-12(20)13(18)7-2-3-8-13;/h4-6H,2-3,7-8,18H2,1H3,(H,19,20);1H. The molecule has 1 aliphatic carbocycles. The van der Waals surface area contributed by atoms with Crippen molar-refractivity contribution in [2.24, 2.45) is 5.73 Å². The van der Waals surface area contributed by atoms with Crippen molar-refractivity contribution in [3.05, 3.63) is 29.3 Å². The summed E-state index contributed by atoms with van der Waals surface area (Å²) in [6.45, 7) is 1.34. The van der Waals surface area contributed by atoms with Crippen molar-refractivity contribution in [3.8, 4) is 0 Å². The fourth-order valence-corrected chi connectivity index (χ4v) is 2.56. The molecule has 0 atom stereocenters. The van der Waals surface area contributed by atoms with Gasteiger partial charge in [0, 0.05) is 5.69 Å². The fourth-order valence-electron chi connectivity index (χ4n) is 2.56. The van der Waals surface area contributed by atoms with Crippen molar-refractivity contribution in [1.29, 1.82) is 0 Å². The van der Waals surface area contributed by atoms with Gasteiger partial charge >= 0.3 is 6.18 Å². The molecule has 7 heteroatoms. The Hall–Kier alpha value is -1.27. The Morgan fingerprint density at radius 3 is 2.38 bits per heavy atom. The molecule has 0 aromatic heterocycles. The van der Waals surface area contributed by atoms with E-state index in [9.17, 15) is 18.0 Å². The Morgan fingerprint density at radius 1 is 1.29 bits per heavy atom. The number of hydrogen-bond acceptors (Lipinski definition) is 2. The van der Waals surface area contributed by atoms with Gasteiger partial charge < -0.3 is 11.1 Å². The Kier molecular flexibility index (Phi) is 5.28. The van der Waals surface area contributed by atoms with E-state index in [0.29, 0.717) is 12.8 Å². The Bertz CT molecular complexity index is 525. The van der Waals surface area contributed by atoms with E-state index in [2.05, 4.69) is 5.32 Å². The smallest absolute Gasteiger partial charge is 0.324 e. The lowest BCUT2D eigenvalue weighted by atomic mass is 9.97. The summed E-state index contributed by atoms with van der Waals surface area (Å²) in [6.07, 6.45) is -1.57. The third kappa shape index (κ3) is 3.68. The summed E-state index contributed by atoms with van der Waals surface area (Å²) in [6, 6.07) is 3.74. The number of halogens is 4. The van der Waals surface area contributed by atoms with Crippen LogP contribution in [-0.2, 0) is 11.0 Å². The van der Waals surface area contributed by atoms with Crippen molar-refractivity contribution in [2.75, 3.05) is 5.32 Å². The second kappa shape index (κ2) is 6.23. The molecule has 0 spiro atoms. The zero-order valence-electron chi connectivity index (χ0n) is 11.6. The van der Waals surface area contributed by atoms with Crippen LogP contribution in [0.3, 0.4) is 0 Å². The molecule has 0 aliphatic heterocycles. The van der Waals surface area contributed by atoms with E-state index in [1.165, 1.54) is 19.1 Å². The highest BCUT2D eigenvalue weighted by molar-refractivity contribution is 5.98. The first-order chi connectivity index (χ1) is 9.24. The minimum Gasteiger partial charge on any atom is -0.324 e. The molecule has 1 aromatic rings. The zero-order valence-corrected chi connectivity index (χ0v) is 12.4. The maximum atomic E-state index is 12.8. The summed E-state index contributed by atoms with van der Waals surface area (Å²) in [4.78, 5) is 12.1. The molecule has 3 nitrogen and oxygen atoms in total. The van der Waals surface area contributed by atoms with Crippen LogP contribution in [0.2, 0.25) is 0 Å². The van der Waals surface area contributed by atoms with Crippen LogP contribution in [0, 0.1) is 6.92 Å². The van der Waals surface area contributed by atoms with Gasteiger partial charge in [-0.25, -0.2) is 0 Å². The van der Waals surface area contributed by atoms with E-state index in [1.54, 1.807) is 0 Å². The molecule has 0 radical (unpaired) electrons. The summed E-state index contributed by atoms with van der Waals surface area (Å²) in [7, 11) is 0. The first kappa shape index (κ1) is 17.8. The minimum atomic E-state index is -4.43. The van der Waals surface area contributed by atoms with Crippen LogP contribution in [0.5, 0.6) is 0 Å². The summed E-state index contributed by atoms with van der Waals surface area (Å²) in [5.74, 6) is -0.405. The average Bonchev–Trinajstić information content (AvgIpc) is 2.78. The van der Waals surface area contributed by atoms with Gasteiger partial charge in [-0.15, -0.1) is 12.4 Å². The molecule has 0 unspecified atom stereocenters. The van der Waals surface area contributed by atoms with Gasteiger partial charge in [-0.05, 0) is 37.5 Å². The predicted molar refractivity (Wildman–Crippen MR) is 77.4 cm³/mol. The lowest BCUT2D eigenvalue weighted by Gasteiger charge is -2.23. The second-order valence-electron chi connectivity index (χ2n) is 5.29. The number of hydrogen-bond donors (Lipinski definition) is 2. The topological polar surface area (TPSA) is 55.1 Å². The Balaban J connectivity index is 0.00000220. The first-order valence-electron chi connectivity index (χ1n) is 6.51. The molecule has 2 rings (SSSR count). The van der Waals surface area contributed by atoms with Crippen molar-refractivity contribution in [2.45, 2.75) is 44.3 Å². The summed E-state index contributed by atoms with van der Waals surface area (Å²) in [5.41, 5.74) is 4.47. The quantitative estimate of drug-likeness (QED) is 0.873. The molecule has 118 valence electrons. The minimum absolute atomic E-state index is 0. The number of carbonyl (C=O) groups is 1. The summed E-state index contributed by atoms with van der Waals surface area (Å²) >= 11 is 0. The van der Waals surface area contributed by atoms with E-state index >= 15 is 0 Å². The van der Waals surface area contributed by atoms with Crippen LogP contribution >= 0.6 is 12.4 Å². The van der Waals surface area contributed by atoms with Crippen LogP contribution in [0.1, 0.15) is 36.8 Å². The zero-order chi connectivity index (χ0) is 15.0. The largest absolute Gasteiger partial charge is 0.416 e. The van der Waals surface area contributed by atoms with Gasteiger partial charge in [-0.3, -0.25) is 4.79 Å². The molecule has 0 saturated heterocycles. The highest BCUT2D eigenvalue weighted by atomic mass is 35.5. The molecular formula is C14H18ClF3N2O. The van der Waals surface area contributed by atoms with Crippen molar-refractivity contribution >= 4 is 24.0 Å². The van der Waals surface area contributed by atoms with Crippen LogP contribution in [0.15, 0.2) is 18.2 Å². The van der Waals surface area contributed by atoms with Crippen LogP contribution in [0.4, 0.5) is 18.9 Å². The second-order valence-corrected chi connectivity index (χ2v) is 5.29. The number of carbonyl (C=O) groups excluding carboxylic acids is 1. The van der Waals surface area contributed by atoms with Crippen molar-refractivity contribution in [3.63, 3.8) is 0 Å². The summed E-state index contributed by atoms with van der Waals surface area (Å²) < 4.78 is 38.4. The lowest BCUT2D eigenvalue weighted by molar-refractivity contribution is -0.138. The van der Waals surface area contributed by atoms with E-state index < -0.39 is 23.2 Å². The lowest BCUT2D eigenvalue weighted by Crippen LogP contribution is -2.48. The molecule has 1 amide bonds. The maximum absolute atomic E-state index is 12.8. The van der Waals surface area contributed by atoms with Gasteiger partial charge in [0.05, 0.1) is 11.1 Å². The number of nitrogens with one attached hydrogen (secondary N) is 1. The SMILES string of the molecule is Cc1c(NC(=O)C2(N)CCCC2)cccc1C(F)(F)F.Cl. The number of rotatable bonds is 2. The Labute approximate surface area is 127 Å². The molecule has 21 heavy (non-hydrogen) atoms. The molecule has 1 aliphatic rings. The van der Waals surface area contributed by atoms with E-state index in [-0.39, 0.29) is 23.7 Å². The number of alkyl halides is 3. The Morgan fingerprint density at radius 2 is 1.86 bits per heavy atom. The molecular weight excluding hydrogens is 305 g/mol. The maximum Gasteiger partial charge on any atom is 0.416 e. The predicted octanol–water partition coefficient (Wildman–Crippen LogP) is 3.65. The van der Waals surface area contributed by atoms with Crippen molar-refractivity contribution in [1.82, 2.24) is 0 Å². The van der Waals surface area contributed by atoms with Gasteiger partial charge in [0.1, 0.15) is 0 Å². The highest BCUT2D eigenvalue weighted by Gasteiger charge is 2.38. The number of nitrogens with two attached hydrogens (primary N) is 1. The average molecular weight is 323 g/mol. The third-order valence-corrected chi connectivity index (χ3v) is 3.84. The van der Waals surface area contributed by atoms with Gasteiger partial charge in [0.15, 0.2) is 0 Å². The van der Waals surface area contributed by atoms with Crippen molar-refractivity contribution < 1.29 is 18.0 Å². The van der Waals surface area contributed by atoms with Crippen LogP contribution in [-0.4, -0.2) is 11.4 Å². The van der Waals surface area contributed by atoms with Gasteiger partial charge in [0.25, 0.3) is 0 Å². The van der Waals surface area contributed by atoms with E-state index in [4.69, 9.17) is 5.73 Å². The highest BCUT2D eigenvalue weighted by Crippen LogP contribution is 2.35. The van der Waals surface area contributed by atoms with E-state index in [1.807, 2.05) is 0 Å². The molecule has 1 fully saturated rings. The number of anilines is 1. The van der Waals surface area contributed by atoms with Gasteiger partial charge in [0.2, 0.25) is 5.91 Å². The van der Waals surface area contributed by atoms with E-state index in [0.717, 1.165) is 18.9 Å². The number of amides is 1. The molecule has 0 bridgehead atoms. The number of benzene rings is 1. The molecule has 3 N–H and O–H groups in total. The van der Waals surface area contributed by atoms with Gasteiger partial charge in [-0.1, -0.05) is 18.9 Å². The van der Waals surface area contributed by atoms with Crippen LogP contribution < -0.4 is 11.1 Å². The normalized spacial score (nSPS) is 17.2. The fraction of sp³-hybridized carbons (Fsp3) is 0.500. The van der Waals surface area contributed by atoms with Crippen LogP contribution in [0.25, 0.3) is 0 Å². The first-order valence-corrected chi connectivity index (χ1v) is 6.51. The molecule has 1 saturated carbocycles. The molecule has 1 aromatic carbocycles.